The smallest absolute Gasteiger partial charge is 0.226 e. The summed E-state index contributed by atoms with van der Waals surface area (Å²) < 4.78 is 39.5. The summed E-state index contributed by atoms with van der Waals surface area (Å²) in [5.41, 5.74) is 4.02. The molecule has 0 aliphatic carbocycles. The van der Waals surface area contributed by atoms with Crippen molar-refractivity contribution in [1.29, 1.82) is 0 Å². The molecule has 262 valence electrons. The highest BCUT2D eigenvalue weighted by Gasteiger charge is 2.69. The molecule has 5 aromatic rings. The zero-order valence-corrected chi connectivity index (χ0v) is 29.2. The van der Waals surface area contributed by atoms with Gasteiger partial charge in [0.2, 0.25) is 5.79 Å². The van der Waals surface area contributed by atoms with Gasteiger partial charge in [-0.1, -0.05) is 121 Å². The van der Waals surface area contributed by atoms with Crippen LogP contribution in [0.3, 0.4) is 0 Å². The minimum absolute atomic E-state index is 0.0524. The van der Waals surface area contributed by atoms with Gasteiger partial charge in [0.25, 0.3) is 0 Å². The van der Waals surface area contributed by atoms with Crippen LogP contribution in [-0.2, 0) is 60.5 Å². The fourth-order valence-corrected chi connectivity index (χ4v) is 7.03. The van der Waals surface area contributed by atoms with Gasteiger partial charge < -0.3 is 28.4 Å². The van der Waals surface area contributed by atoms with Crippen molar-refractivity contribution in [1.82, 2.24) is 0 Å². The molecule has 51 heavy (non-hydrogen) atoms. The van der Waals surface area contributed by atoms with E-state index in [9.17, 15) is 4.79 Å². The molecule has 2 heterocycles. The Balaban J connectivity index is 1.29. The number of aldehydes is 1. The third kappa shape index (κ3) is 7.65. The molecular formula is C43H41ClO7. The maximum atomic E-state index is 13.3. The Morgan fingerprint density at radius 1 is 0.706 bits per heavy atom. The second kappa shape index (κ2) is 15.9. The zero-order valence-electron chi connectivity index (χ0n) is 28.5. The number of carbonyl (C=O) groups is 1. The molecule has 0 amide bonds. The largest absolute Gasteiger partial charge is 0.494 e. The highest BCUT2D eigenvalue weighted by atomic mass is 35.5. The van der Waals surface area contributed by atoms with E-state index in [1.54, 1.807) is 0 Å². The van der Waals surface area contributed by atoms with Crippen molar-refractivity contribution in [2.24, 2.45) is 0 Å². The number of halogens is 1. The predicted molar refractivity (Wildman–Crippen MR) is 194 cm³/mol. The third-order valence-corrected chi connectivity index (χ3v) is 9.78. The molecular weight excluding hydrogens is 664 g/mol. The number of benzene rings is 5. The van der Waals surface area contributed by atoms with Gasteiger partial charge >= 0.3 is 0 Å². The van der Waals surface area contributed by atoms with E-state index in [1.807, 2.05) is 140 Å². The molecule has 5 aromatic carbocycles. The molecule has 0 saturated carbocycles. The van der Waals surface area contributed by atoms with Gasteiger partial charge in [-0.15, -0.1) is 0 Å². The molecule has 2 saturated heterocycles. The van der Waals surface area contributed by atoms with Crippen molar-refractivity contribution in [2.75, 3.05) is 13.2 Å². The topological polar surface area (TPSA) is 72.5 Å². The van der Waals surface area contributed by atoms with Crippen molar-refractivity contribution in [3.63, 3.8) is 0 Å². The SMILES string of the molecule is CCOc1ccc(Cc2cc(C34OCC(C=O)(O3)C(OCc3ccccc3)C(OCc3ccccc3)C4OCc3ccccc3)ccc2Cl)cc1. The summed E-state index contributed by atoms with van der Waals surface area (Å²) in [5, 5.41) is 0.599. The average Bonchev–Trinajstić information content (AvgIpc) is 3.54. The molecule has 7 rings (SSSR count). The molecule has 0 spiro atoms. The van der Waals surface area contributed by atoms with E-state index in [2.05, 4.69) is 0 Å². The van der Waals surface area contributed by atoms with Gasteiger partial charge in [-0.3, -0.25) is 4.79 Å². The van der Waals surface area contributed by atoms with E-state index >= 15 is 0 Å². The molecule has 0 N–H and O–H groups in total. The van der Waals surface area contributed by atoms with Crippen LogP contribution in [0.4, 0.5) is 0 Å². The maximum absolute atomic E-state index is 13.3. The van der Waals surface area contributed by atoms with Crippen LogP contribution in [0.2, 0.25) is 5.02 Å². The fraction of sp³-hybridized carbons (Fsp3) is 0.279. The summed E-state index contributed by atoms with van der Waals surface area (Å²) in [5.74, 6) is -0.703. The quantitative estimate of drug-likeness (QED) is 0.102. The van der Waals surface area contributed by atoms with Gasteiger partial charge in [-0.05, 0) is 65.4 Å². The maximum Gasteiger partial charge on any atom is 0.226 e. The lowest BCUT2D eigenvalue weighted by Gasteiger charge is -2.49. The fourth-order valence-electron chi connectivity index (χ4n) is 6.85. The van der Waals surface area contributed by atoms with Gasteiger partial charge in [0.1, 0.15) is 24.1 Å². The van der Waals surface area contributed by atoms with Crippen molar-refractivity contribution in [3.05, 3.63) is 172 Å². The first-order valence-corrected chi connectivity index (χ1v) is 17.7. The van der Waals surface area contributed by atoms with Gasteiger partial charge in [-0.2, -0.15) is 0 Å². The zero-order chi connectivity index (χ0) is 35.1. The number of hydrogen-bond donors (Lipinski definition) is 0. The molecule has 2 fully saturated rings. The molecule has 7 nitrogen and oxygen atoms in total. The lowest BCUT2D eigenvalue weighted by atomic mass is 9.83. The van der Waals surface area contributed by atoms with Gasteiger partial charge in [0.15, 0.2) is 11.9 Å². The third-order valence-electron chi connectivity index (χ3n) is 9.41. The number of fused-ring (bicyclic) bond motifs is 2. The second-order valence-electron chi connectivity index (χ2n) is 12.9. The van der Waals surface area contributed by atoms with Crippen LogP contribution in [0.5, 0.6) is 5.75 Å². The molecule has 0 radical (unpaired) electrons. The first kappa shape index (κ1) is 35.1. The van der Waals surface area contributed by atoms with Crippen LogP contribution in [0.25, 0.3) is 0 Å². The summed E-state index contributed by atoms with van der Waals surface area (Å²) in [7, 11) is 0. The predicted octanol–water partition coefficient (Wildman–Crippen LogP) is 8.24. The van der Waals surface area contributed by atoms with Gasteiger partial charge in [-0.25, -0.2) is 0 Å². The molecule has 0 aromatic heterocycles. The number of carbonyl (C=O) groups excluding carboxylic acids is 1. The van der Waals surface area contributed by atoms with Crippen LogP contribution in [0.15, 0.2) is 133 Å². The van der Waals surface area contributed by atoms with Crippen LogP contribution in [0, 0.1) is 0 Å². The Morgan fingerprint density at radius 3 is 1.84 bits per heavy atom. The Hall–Kier alpha value is -4.34. The molecule has 2 bridgehead atoms. The van der Waals surface area contributed by atoms with Crippen LogP contribution in [0.1, 0.15) is 40.3 Å². The lowest BCUT2D eigenvalue weighted by Crippen LogP contribution is -2.67. The minimum Gasteiger partial charge on any atom is -0.494 e. The van der Waals surface area contributed by atoms with E-state index in [-0.39, 0.29) is 26.4 Å². The van der Waals surface area contributed by atoms with Crippen LogP contribution >= 0.6 is 11.6 Å². The summed E-state index contributed by atoms with van der Waals surface area (Å²) in [6.45, 7) is 3.25. The van der Waals surface area contributed by atoms with E-state index < -0.39 is 29.7 Å². The Kier molecular flexibility index (Phi) is 10.9. The second-order valence-corrected chi connectivity index (χ2v) is 13.3. The molecule has 5 unspecified atom stereocenters. The van der Waals surface area contributed by atoms with Crippen LogP contribution < -0.4 is 4.74 Å². The van der Waals surface area contributed by atoms with Crippen LogP contribution in [-0.4, -0.2) is 43.4 Å². The summed E-state index contributed by atoms with van der Waals surface area (Å²) in [6, 6.07) is 43.3. The number of hydrogen-bond acceptors (Lipinski definition) is 7. The average molecular weight is 705 g/mol. The Morgan fingerprint density at radius 2 is 1.27 bits per heavy atom. The number of rotatable bonds is 15. The first-order chi connectivity index (χ1) is 25.0. The van der Waals surface area contributed by atoms with Gasteiger partial charge in [0, 0.05) is 10.6 Å². The Labute approximate surface area is 304 Å². The molecule has 8 heteroatoms. The summed E-state index contributed by atoms with van der Waals surface area (Å²) >= 11 is 6.83. The van der Waals surface area contributed by atoms with Crippen molar-refractivity contribution < 1.29 is 33.2 Å². The molecule has 2 aliphatic heterocycles. The van der Waals surface area contributed by atoms with E-state index in [1.165, 1.54) is 0 Å². The minimum atomic E-state index is -1.51. The van der Waals surface area contributed by atoms with E-state index in [0.29, 0.717) is 23.6 Å². The Bertz CT molecular complexity index is 1870. The highest BCUT2D eigenvalue weighted by Crippen LogP contribution is 2.52. The van der Waals surface area contributed by atoms with E-state index in [0.717, 1.165) is 39.9 Å². The first-order valence-electron chi connectivity index (χ1n) is 17.3. The molecule has 5 atom stereocenters. The van der Waals surface area contributed by atoms with Crippen molar-refractivity contribution in [3.8, 4) is 5.75 Å². The molecule has 2 aliphatic rings. The highest BCUT2D eigenvalue weighted by molar-refractivity contribution is 6.31. The van der Waals surface area contributed by atoms with E-state index in [4.69, 9.17) is 40.0 Å². The summed E-state index contributed by atoms with van der Waals surface area (Å²) in [6.07, 6.45) is -1.12. The number of ether oxygens (including phenoxy) is 6. The standard InChI is InChI=1S/C43H41ClO7/c1-2-46-37-21-18-31(19-22-37)24-35-25-36(20-23-38(35)44)43-41(49-28-34-16-10-5-11-17-34)39(47-26-32-12-6-3-7-13-32)40(42(29-45,51-43)30-50-43)48-27-33-14-8-4-9-15-33/h3-23,25,29,39-41H,2,24,26-28,30H2,1H3. The monoisotopic (exact) mass is 704 g/mol. The van der Waals surface area contributed by atoms with Crippen molar-refractivity contribution in [2.45, 2.75) is 62.9 Å². The normalized spacial score (nSPS) is 23.9. The van der Waals surface area contributed by atoms with Gasteiger partial charge in [0.05, 0.1) is 33.0 Å². The lowest BCUT2D eigenvalue weighted by molar-refractivity contribution is -0.341. The van der Waals surface area contributed by atoms with Crippen molar-refractivity contribution >= 4 is 17.9 Å². The summed E-state index contributed by atoms with van der Waals surface area (Å²) in [4.78, 5) is 13.3.